The predicted octanol–water partition coefficient (Wildman–Crippen LogP) is 2.87. The number of aromatic nitrogens is 3. The average molecular weight is 422 g/mol. The van der Waals surface area contributed by atoms with Crippen molar-refractivity contribution in [1.29, 1.82) is 0 Å². The fourth-order valence-corrected chi connectivity index (χ4v) is 3.43. The molecule has 1 unspecified atom stereocenters. The van der Waals surface area contributed by atoms with Crippen LogP contribution in [0.3, 0.4) is 0 Å². The lowest BCUT2D eigenvalue weighted by Gasteiger charge is -2.35. The highest BCUT2D eigenvalue weighted by Gasteiger charge is 2.30. The van der Waals surface area contributed by atoms with Gasteiger partial charge < -0.3 is 19.2 Å². The van der Waals surface area contributed by atoms with Gasteiger partial charge in [-0.2, -0.15) is 0 Å². The third kappa shape index (κ3) is 4.22. The van der Waals surface area contributed by atoms with Crippen molar-refractivity contribution < 1.29 is 9.21 Å². The van der Waals surface area contributed by atoms with Crippen molar-refractivity contribution in [2.75, 3.05) is 19.6 Å². The minimum absolute atomic E-state index is 0. The van der Waals surface area contributed by atoms with Gasteiger partial charge in [0.1, 0.15) is 18.1 Å². The van der Waals surface area contributed by atoms with E-state index in [-0.39, 0.29) is 30.8 Å². The summed E-state index contributed by atoms with van der Waals surface area (Å²) in [4.78, 5) is 23.7. The number of imidazole rings is 1. The molecule has 28 heavy (non-hydrogen) atoms. The lowest BCUT2D eigenvalue weighted by molar-refractivity contribution is -0.134. The van der Waals surface area contributed by atoms with Gasteiger partial charge in [0.2, 0.25) is 11.8 Å². The molecule has 1 atom stereocenters. The van der Waals surface area contributed by atoms with Crippen LogP contribution in [-0.4, -0.2) is 45.0 Å². The molecule has 0 radical (unpaired) electrons. The Morgan fingerprint density at radius 3 is 2.86 bits per heavy atom. The van der Waals surface area contributed by atoms with Gasteiger partial charge in [0.05, 0.1) is 12.1 Å². The van der Waals surface area contributed by atoms with Gasteiger partial charge in [-0.05, 0) is 24.3 Å². The quantitative estimate of drug-likeness (QED) is 0.700. The van der Waals surface area contributed by atoms with Gasteiger partial charge in [-0.3, -0.25) is 4.79 Å². The molecule has 4 rings (SSSR count). The highest BCUT2D eigenvalue weighted by molar-refractivity contribution is 6.30. The highest BCUT2D eigenvalue weighted by atomic mass is 35.5. The van der Waals surface area contributed by atoms with Gasteiger partial charge in [0.25, 0.3) is 0 Å². The zero-order valence-electron chi connectivity index (χ0n) is 15.3. The van der Waals surface area contributed by atoms with Gasteiger partial charge in [-0.15, -0.1) is 12.4 Å². The molecule has 0 saturated carbocycles. The number of benzene rings is 1. The van der Waals surface area contributed by atoms with E-state index in [9.17, 15) is 4.79 Å². The smallest absolute Gasteiger partial charge is 0.229 e. The van der Waals surface area contributed by atoms with Gasteiger partial charge in [0.15, 0.2) is 0 Å². The summed E-state index contributed by atoms with van der Waals surface area (Å²) in [6.45, 7) is 2.09. The largest absolute Gasteiger partial charge is 0.444 e. The molecule has 0 aliphatic carbocycles. The van der Waals surface area contributed by atoms with E-state index in [2.05, 4.69) is 15.3 Å². The van der Waals surface area contributed by atoms with E-state index in [1.54, 1.807) is 24.6 Å². The molecule has 3 aromatic rings. The molecule has 3 heterocycles. The van der Waals surface area contributed by atoms with E-state index in [0.29, 0.717) is 29.7 Å². The number of nitrogens with one attached hydrogen (secondary N) is 1. The van der Waals surface area contributed by atoms with Crippen molar-refractivity contribution in [3.8, 4) is 11.5 Å². The Hall–Kier alpha value is -2.35. The summed E-state index contributed by atoms with van der Waals surface area (Å²) < 4.78 is 7.49. The van der Waals surface area contributed by atoms with Crippen LogP contribution in [0.25, 0.3) is 11.5 Å². The van der Waals surface area contributed by atoms with E-state index in [4.69, 9.17) is 16.0 Å². The van der Waals surface area contributed by atoms with Crippen LogP contribution in [0.2, 0.25) is 5.02 Å². The van der Waals surface area contributed by atoms with E-state index in [1.807, 2.05) is 34.8 Å². The Bertz CT molecular complexity index is 938. The van der Waals surface area contributed by atoms with Gasteiger partial charge in [-0.1, -0.05) is 11.6 Å². The maximum atomic E-state index is 12.9. The number of oxazole rings is 1. The first-order valence-corrected chi connectivity index (χ1v) is 9.17. The Labute approximate surface area is 174 Å². The molecule has 0 spiro atoms. The van der Waals surface area contributed by atoms with E-state index >= 15 is 0 Å². The molecule has 1 aromatic carbocycles. The summed E-state index contributed by atoms with van der Waals surface area (Å²) in [7, 11) is 1.94. The second-order valence-electron chi connectivity index (χ2n) is 6.53. The van der Waals surface area contributed by atoms with Crippen molar-refractivity contribution in [2.24, 2.45) is 7.05 Å². The second kappa shape index (κ2) is 8.77. The van der Waals surface area contributed by atoms with Crippen LogP contribution in [0.1, 0.15) is 17.6 Å². The van der Waals surface area contributed by atoms with Crippen LogP contribution < -0.4 is 5.32 Å². The van der Waals surface area contributed by atoms with Crippen LogP contribution >= 0.6 is 24.0 Å². The van der Waals surface area contributed by atoms with Crippen molar-refractivity contribution in [3.05, 3.63) is 59.5 Å². The zero-order chi connectivity index (χ0) is 18.8. The summed E-state index contributed by atoms with van der Waals surface area (Å²) in [6.07, 6.45) is 5.38. The first-order valence-electron chi connectivity index (χ1n) is 8.79. The number of amides is 1. The van der Waals surface area contributed by atoms with Crippen molar-refractivity contribution in [1.82, 2.24) is 24.8 Å². The first kappa shape index (κ1) is 20.4. The number of halogens is 2. The molecule has 7 nitrogen and oxygen atoms in total. The van der Waals surface area contributed by atoms with E-state index in [1.165, 1.54) is 0 Å². The fourth-order valence-electron chi connectivity index (χ4n) is 3.30. The minimum Gasteiger partial charge on any atom is -0.444 e. The Kier molecular flexibility index (Phi) is 6.39. The van der Waals surface area contributed by atoms with Gasteiger partial charge in [0, 0.05) is 49.7 Å². The van der Waals surface area contributed by atoms with Crippen LogP contribution in [0.15, 0.2) is 47.3 Å². The molecule has 1 amide bonds. The monoisotopic (exact) mass is 421 g/mol. The number of piperazine rings is 1. The van der Waals surface area contributed by atoms with E-state index < -0.39 is 0 Å². The first-order chi connectivity index (χ1) is 13.1. The molecule has 1 N–H and O–H groups in total. The summed E-state index contributed by atoms with van der Waals surface area (Å²) in [5, 5.41) is 3.99. The van der Waals surface area contributed by atoms with Crippen LogP contribution in [0.4, 0.5) is 0 Å². The molecule has 2 aromatic heterocycles. The maximum absolute atomic E-state index is 12.9. The van der Waals surface area contributed by atoms with E-state index in [0.717, 1.165) is 17.9 Å². The number of nitrogens with zero attached hydrogens (tertiary/aromatic N) is 4. The second-order valence-corrected chi connectivity index (χ2v) is 6.97. The van der Waals surface area contributed by atoms with Crippen LogP contribution in [-0.2, 0) is 18.3 Å². The number of carbonyl (C=O) groups is 1. The summed E-state index contributed by atoms with van der Waals surface area (Å²) in [6, 6.07) is 7.16. The molecule has 1 aliphatic rings. The third-order valence-electron chi connectivity index (χ3n) is 4.70. The lowest BCUT2D eigenvalue weighted by atomic mass is 10.1. The Morgan fingerprint density at radius 1 is 1.36 bits per heavy atom. The fraction of sp³-hybridized carbons (Fsp3) is 0.316. The Morgan fingerprint density at radius 2 is 2.14 bits per heavy atom. The predicted molar refractivity (Wildman–Crippen MR) is 108 cm³/mol. The van der Waals surface area contributed by atoms with Crippen molar-refractivity contribution >= 4 is 29.9 Å². The van der Waals surface area contributed by atoms with Crippen molar-refractivity contribution in [2.45, 2.75) is 12.5 Å². The molecule has 9 heteroatoms. The topological polar surface area (TPSA) is 76.2 Å². The lowest BCUT2D eigenvalue weighted by Crippen LogP contribution is -2.49. The summed E-state index contributed by atoms with van der Waals surface area (Å²) in [5.41, 5.74) is 1.44. The molecule has 1 fully saturated rings. The molecular weight excluding hydrogens is 401 g/mol. The van der Waals surface area contributed by atoms with Crippen LogP contribution in [0.5, 0.6) is 0 Å². The van der Waals surface area contributed by atoms with Gasteiger partial charge in [-0.25, -0.2) is 9.97 Å². The number of hydrogen-bond acceptors (Lipinski definition) is 5. The minimum atomic E-state index is -0.0890. The Balaban J connectivity index is 0.00000225. The SMILES string of the molecule is Cl.Cn1ccnc1C1CNCCN1C(=O)Cc1coc(-c2ccc(Cl)cc2)n1. The molecule has 0 bridgehead atoms. The maximum Gasteiger partial charge on any atom is 0.229 e. The molecule has 1 saturated heterocycles. The molecular formula is C19H21Cl2N5O2. The number of aryl methyl sites for hydroxylation is 1. The number of hydrogen-bond donors (Lipinski definition) is 1. The normalized spacial score (nSPS) is 16.6. The van der Waals surface area contributed by atoms with Gasteiger partial charge >= 0.3 is 0 Å². The third-order valence-corrected chi connectivity index (χ3v) is 4.95. The summed E-state index contributed by atoms with van der Waals surface area (Å²) in [5.74, 6) is 1.37. The van der Waals surface area contributed by atoms with Crippen molar-refractivity contribution in [3.63, 3.8) is 0 Å². The summed E-state index contributed by atoms with van der Waals surface area (Å²) >= 11 is 5.91. The molecule has 1 aliphatic heterocycles. The number of rotatable bonds is 4. The highest BCUT2D eigenvalue weighted by Crippen LogP contribution is 2.23. The van der Waals surface area contributed by atoms with Crippen LogP contribution in [0, 0.1) is 0 Å². The number of carbonyl (C=O) groups excluding carboxylic acids is 1. The average Bonchev–Trinajstić information content (AvgIpc) is 3.31. The molecule has 148 valence electrons. The zero-order valence-corrected chi connectivity index (χ0v) is 16.9. The standard InChI is InChI=1S/C19H20ClN5O2.ClH/c1-24-8-7-22-18(24)16-11-21-6-9-25(16)17(26)10-15-12-27-19(23-15)13-2-4-14(20)5-3-13;/h2-5,7-8,12,16,21H,6,9-11H2,1H3;1H.